The number of rotatable bonds is 3. The standard InChI is InChI=1S/C17H13BrCl2N2O3/c1-2-25-17(24)22-15-8-11(18)4-6-14(15)21(16(22)23)9-10-3-5-12(19)13(20)7-10/h3-8H,2,9H2,1H3. The van der Waals surface area contributed by atoms with E-state index in [1.165, 1.54) is 4.57 Å². The molecule has 130 valence electrons. The van der Waals surface area contributed by atoms with Crippen molar-refractivity contribution in [2.24, 2.45) is 0 Å². The minimum absolute atomic E-state index is 0.179. The van der Waals surface area contributed by atoms with Gasteiger partial charge in [0.1, 0.15) is 0 Å². The maximum atomic E-state index is 12.8. The van der Waals surface area contributed by atoms with Crippen molar-refractivity contribution in [2.75, 3.05) is 6.61 Å². The Morgan fingerprint density at radius 2 is 1.88 bits per heavy atom. The Morgan fingerprint density at radius 3 is 2.56 bits per heavy atom. The average molecular weight is 444 g/mol. The second kappa shape index (κ2) is 7.23. The van der Waals surface area contributed by atoms with Gasteiger partial charge in [0.25, 0.3) is 0 Å². The van der Waals surface area contributed by atoms with Gasteiger partial charge in [-0.3, -0.25) is 4.57 Å². The Hall–Kier alpha value is -1.76. The maximum Gasteiger partial charge on any atom is 0.422 e. The number of hydrogen-bond donors (Lipinski definition) is 0. The Bertz CT molecular complexity index is 1030. The molecule has 0 N–H and O–H groups in total. The summed E-state index contributed by atoms with van der Waals surface area (Å²) in [5.41, 5.74) is 1.41. The van der Waals surface area contributed by atoms with Crippen LogP contribution in [-0.2, 0) is 11.3 Å². The van der Waals surface area contributed by atoms with Gasteiger partial charge < -0.3 is 4.74 Å². The molecule has 0 radical (unpaired) electrons. The Balaban J connectivity index is 2.17. The van der Waals surface area contributed by atoms with E-state index in [1.807, 2.05) is 6.07 Å². The van der Waals surface area contributed by atoms with E-state index < -0.39 is 11.8 Å². The van der Waals surface area contributed by atoms with E-state index in [2.05, 4.69) is 15.9 Å². The minimum Gasteiger partial charge on any atom is -0.449 e. The molecule has 25 heavy (non-hydrogen) atoms. The second-order valence-electron chi connectivity index (χ2n) is 5.28. The SMILES string of the molecule is CCOC(=O)n1c(=O)n(Cc2ccc(Cl)c(Cl)c2)c2ccc(Br)cc21. The zero-order valence-corrected chi connectivity index (χ0v) is 16.2. The van der Waals surface area contributed by atoms with E-state index >= 15 is 0 Å². The largest absolute Gasteiger partial charge is 0.449 e. The summed E-state index contributed by atoms with van der Waals surface area (Å²) in [6, 6.07) is 10.4. The fraction of sp³-hybridized carbons (Fsp3) is 0.176. The predicted octanol–water partition coefficient (Wildman–Crippen LogP) is 4.93. The number of hydrogen-bond acceptors (Lipinski definition) is 3. The molecule has 0 atom stereocenters. The van der Waals surface area contributed by atoms with Gasteiger partial charge in [-0.25, -0.2) is 9.59 Å². The molecule has 1 aromatic heterocycles. The molecule has 1 heterocycles. The molecule has 0 saturated carbocycles. The summed E-state index contributed by atoms with van der Waals surface area (Å²) in [6.45, 7) is 2.12. The highest BCUT2D eigenvalue weighted by atomic mass is 79.9. The van der Waals surface area contributed by atoms with Gasteiger partial charge in [0, 0.05) is 4.47 Å². The number of carbonyl (C=O) groups is 1. The van der Waals surface area contributed by atoms with Crippen LogP contribution in [0.25, 0.3) is 11.0 Å². The van der Waals surface area contributed by atoms with Crippen LogP contribution in [-0.4, -0.2) is 21.8 Å². The van der Waals surface area contributed by atoms with Crippen LogP contribution in [0.1, 0.15) is 12.5 Å². The lowest BCUT2D eigenvalue weighted by Crippen LogP contribution is -2.30. The fourth-order valence-electron chi connectivity index (χ4n) is 2.57. The highest BCUT2D eigenvalue weighted by Gasteiger charge is 2.20. The first-order chi connectivity index (χ1) is 11.9. The number of carbonyl (C=O) groups excluding carboxylic acids is 1. The molecule has 3 rings (SSSR count). The summed E-state index contributed by atoms with van der Waals surface area (Å²) >= 11 is 15.4. The van der Waals surface area contributed by atoms with Crippen LogP contribution in [0.2, 0.25) is 10.0 Å². The Morgan fingerprint density at radius 1 is 1.12 bits per heavy atom. The molecule has 5 nitrogen and oxygen atoms in total. The number of nitrogens with zero attached hydrogens (tertiary/aromatic N) is 2. The third-order valence-corrected chi connectivity index (χ3v) is 4.90. The molecule has 0 fully saturated rings. The molecule has 0 aliphatic carbocycles. The molecule has 0 saturated heterocycles. The van der Waals surface area contributed by atoms with Crippen molar-refractivity contribution < 1.29 is 9.53 Å². The lowest BCUT2D eigenvalue weighted by molar-refractivity contribution is 0.154. The number of halogens is 3. The van der Waals surface area contributed by atoms with Crippen molar-refractivity contribution in [1.82, 2.24) is 9.13 Å². The number of imidazole rings is 1. The lowest BCUT2D eigenvalue weighted by Gasteiger charge is -2.05. The molecule has 0 aliphatic rings. The molecular formula is C17H13BrCl2N2O3. The van der Waals surface area contributed by atoms with Crippen molar-refractivity contribution in [2.45, 2.75) is 13.5 Å². The molecule has 0 aliphatic heterocycles. The molecule has 0 bridgehead atoms. The van der Waals surface area contributed by atoms with Crippen LogP contribution in [0.5, 0.6) is 0 Å². The van der Waals surface area contributed by atoms with Gasteiger partial charge in [0.2, 0.25) is 0 Å². The van der Waals surface area contributed by atoms with E-state index in [-0.39, 0.29) is 13.2 Å². The molecule has 0 spiro atoms. The number of fused-ring (bicyclic) bond motifs is 1. The smallest absolute Gasteiger partial charge is 0.422 e. The van der Waals surface area contributed by atoms with Gasteiger partial charge >= 0.3 is 11.8 Å². The maximum absolute atomic E-state index is 12.8. The Labute approximate surface area is 161 Å². The van der Waals surface area contributed by atoms with Crippen molar-refractivity contribution in [3.63, 3.8) is 0 Å². The van der Waals surface area contributed by atoms with Crippen molar-refractivity contribution in [1.29, 1.82) is 0 Å². The molecular weight excluding hydrogens is 431 g/mol. The van der Waals surface area contributed by atoms with Gasteiger partial charge in [-0.2, -0.15) is 4.57 Å². The number of aromatic nitrogens is 2. The Kier molecular flexibility index (Phi) is 5.22. The summed E-state index contributed by atoms with van der Waals surface area (Å²) in [4.78, 5) is 25.1. The number of ether oxygens (including phenoxy) is 1. The summed E-state index contributed by atoms with van der Waals surface area (Å²) in [5.74, 6) is 0. The second-order valence-corrected chi connectivity index (χ2v) is 7.01. The summed E-state index contributed by atoms with van der Waals surface area (Å²) in [7, 11) is 0. The van der Waals surface area contributed by atoms with Gasteiger partial charge in [0.15, 0.2) is 0 Å². The number of benzene rings is 2. The first-order valence-corrected chi connectivity index (χ1v) is 8.99. The summed E-state index contributed by atoms with van der Waals surface area (Å²) in [6.07, 6.45) is -0.705. The molecule has 8 heteroatoms. The summed E-state index contributed by atoms with van der Waals surface area (Å²) < 4.78 is 8.29. The summed E-state index contributed by atoms with van der Waals surface area (Å²) in [5, 5.41) is 0.847. The zero-order chi connectivity index (χ0) is 18.1. The topological polar surface area (TPSA) is 53.2 Å². The van der Waals surface area contributed by atoms with Crippen LogP contribution >= 0.6 is 39.1 Å². The minimum atomic E-state index is -0.705. The van der Waals surface area contributed by atoms with E-state index in [9.17, 15) is 9.59 Å². The third-order valence-electron chi connectivity index (χ3n) is 3.67. The van der Waals surface area contributed by atoms with E-state index in [0.717, 1.165) is 14.6 Å². The zero-order valence-electron chi connectivity index (χ0n) is 13.1. The first-order valence-electron chi connectivity index (χ1n) is 7.44. The van der Waals surface area contributed by atoms with E-state index in [4.69, 9.17) is 27.9 Å². The lowest BCUT2D eigenvalue weighted by atomic mass is 10.2. The first kappa shape index (κ1) is 18.0. The molecule has 3 aromatic rings. The van der Waals surface area contributed by atoms with Gasteiger partial charge in [-0.15, -0.1) is 0 Å². The van der Waals surface area contributed by atoms with E-state index in [1.54, 1.807) is 37.3 Å². The third kappa shape index (κ3) is 3.47. The van der Waals surface area contributed by atoms with Crippen LogP contribution in [0, 0.1) is 0 Å². The van der Waals surface area contributed by atoms with Crippen LogP contribution in [0.4, 0.5) is 4.79 Å². The van der Waals surface area contributed by atoms with Gasteiger partial charge in [0.05, 0.1) is 34.2 Å². The van der Waals surface area contributed by atoms with E-state index in [0.29, 0.717) is 21.1 Å². The average Bonchev–Trinajstić information content (AvgIpc) is 2.82. The highest BCUT2D eigenvalue weighted by molar-refractivity contribution is 9.10. The van der Waals surface area contributed by atoms with Crippen molar-refractivity contribution in [3.8, 4) is 0 Å². The van der Waals surface area contributed by atoms with Crippen molar-refractivity contribution in [3.05, 3.63) is 67.0 Å². The molecule has 0 unspecified atom stereocenters. The fourth-order valence-corrected chi connectivity index (χ4v) is 3.24. The molecule has 2 aromatic carbocycles. The normalized spacial score (nSPS) is 11.0. The highest BCUT2D eigenvalue weighted by Crippen LogP contribution is 2.24. The molecule has 0 amide bonds. The van der Waals surface area contributed by atoms with Crippen molar-refractivity contribution >= 4 is 56.3 Å². The monoisotopic (exact) mass is 442 g/mol. The predicted molar refractivity (Wildman–Crippen MR) is 102 cm³/mol. The van der Waals surface area contributed by atoms with Gasteiger partial charge in [-0.1, -0.05) is 45.2 Å². The van der Waals surface area contributed by atoms with Crippen LogP contribution < -0.4 is 5.69 Å². The van der Waals surface area contributed by atoms with Gasteiger partial charge in [-0.05, 0) is 42.8 Å². The van der Waals surface area contributed by atoms with Crippen LogP contribution in [0.3, 0.4) is 0 Å². The quantitative estimate of drug-likeness (QED) is 0.576. The van der Waals surface area contributed by atoms with Crippen LogP contribution in [0.15, 0.2) is 45.7 Å².